The molecule has 42 valence electrons. The Balaban J connectivity index is 3.17. The zero-order chi connectivity index (χ0) is 7.56. The predicted molar refractivity (Wildman–Crippen MR) is 32.4 cm³/mol. The summed E-state index contributed by atoms with van der Waals surface area (Å²) in [7, 11) is 0. The van der Waals surface area contributed by atoms with Crippen LogP contribution < -0.4 is 0 Å². The molecule has 0 atom stereocenters. The van der Waals surface area contributed by atoms with E-state index in [1.54, 1.807) is 18.2 Å². The summed E-state index contributed by atoms with van der Waals surface area (Å²) in [6, 6.07) is 5.21. The van der Waals surface area contributed by atoms with E-state index < -0.39 is 0 Å². The van der Waals surface area contributed by atoms with E-state index in [2.05, 4.69) is 0 Å². The highest BCUT2D eigenvalue weighted by atomic mass is 16.3. The SMILES string of the molecule is [2H]c1cccc([2H])c1CO. The standard InChI is InChI=1S/C7H8O/c8-6-7-4-2-1-3-5-7/h1-5,8H,6H2/i4D,5D. The summed E-state index contributed by atoms with van der Waals surface area (Å²) in [6.07, 6.45) is 0. The molecule has 1 heteroatoms. The molecular weight excluding hydrogens is 100 g/mol. The van der Waals surface area contributed by atoms with Crippen molar-refractivity contribution in [3.8, 4) is 0 Å². The third-order valence-electron chi connectivity index (χ3n) is 0.866. The first-order valence-corrected chi connectivity index (χ1v) is 2.41. The Bertz CT molecular complexity index is 215. The summed E-state index contributed by atoms with van der Waals surface area (Å²) < 4.78 is 14.5. The van der Waals surface area contributed by atoms with Gasteiger partial charge in [0.2, 0.25) is 0 Å². The normalized spacial score (nSPS) is 12.6. The van der Waals surface area contributed by atoms with E-state index >= 15 is 0 Å². The monoisotopic (exact) mass is 110 g/mol. The number of aliphatic hydroxyl groups is 1. The Morgan fingerprint density at radius 3 is 2.38 bits per heavy atom. The third kappa shape index (κ3) is 1.07. The van der Waals surface area contributed by atoms with Gasteiger partial charge in [-0.2, -0.15) is 0 Å². The van der Waals surface area contributed by atoms with Crippen molar-refractivity contribution in [2.45, 2.75) is 6.61 Å². The summed E-state index contributed by atoms with van der Waals surface area (Å²) in [5.41, 5.74) is 0.391. The third-order valence-corrected chi connectivity index (χ3v) is 0.866. The fourth-order valence-electron chi connectivity index (χ4n) is 0.478. The van der Waals surface area contributed by atoms with Crippen LogP contribution in [0.25, 0.3) is 0 Å². The number of hydrogen-bond donors (Lipinski definition) is 1. The van der Waals surface area contributed by atoms with Crippen LogP contribution in [-0.4, -0.2) is 5.11 Å². The van der Waals surface area contributed by atoms with Crippen LogP contribution in [0.4, 0.5) is 0 Å². The van der Waals surface area contributed by atoms with Crippen molar-refractivity contribution in [3.63, 3.8) is 0 Å². The van der Waals surface area contributed by atoms with E-state index in [1.165, 1.54) is 0 Å². The Hall–Kier alpha value is -0.820. The largest absolute Gasteiger partial charge is 0.392 e. The molecule has 0 amide bonds. The van der Waals surface area contributed by atoms with Gasteiger partial charge >= 0.3 is 0 Å². The van der Waals surface area contributed by atoms with Crippen molar-refractivity contribution >= 4 is 0 Å². The second-order valence-corrected chi connectivity index (χ2v) is 1.45. The molecule has 0 radical (unpaired) electrons. The van der Waals surface area contributed by atoms with E-state index in [0.717, 1.165) is 0 Å². The highest BCUT2D eigenvalue weighted by molar-refractivity contribution is 5.12. The molecule has 1 N–H and O–H groups in total. The first-order valence-electron chi connectivity index (χ1n) is 3.41. The van der Waals surface area contributed by atoms with Crippen LogP contribution in [0.1, 0.15) is 8.30 Å². The van der Waals surface area contributed by atoms with Crippen LogP contribution in [0, 0.1) is 0 Å². The molecule has 0 saturated carbocycles. The maximum absolute atomic E-state index is 8.66. The van der Waals surface area contributed by atoms with E-state index in [0.29, 0.717) is 5.56 Å². The second-order valence-electron chi connectivity index (χ2n) is 1.45. The average molecular weight is 110 g/mol. The minimum Gasteiger partial charge on any atom is -0.392 e. The van der Waals surface area contributed by atoms with Crippen molar-refractivity contribution in [1.29, 1.82) is 0 Å². The number of hydrogen-bond acceptors (Lipinski definition) is 1. The van der Waals surface area contributed by atoms with Crippen LogP contribution >= 0.6 is 0 Å². The lowest BCUT2D eigenvalue weighted by molar-refractivity contribution is 0.282. The van der Waals surface area contributed by atoms with Gasteiger partial charge in [0.1, 0.15) is 0 Å². The lowest BCUT2D eigenvalue weighted by atomic mass is 10.2. The molecule has 0 heterocycles. The van der Waals surface area contributed by atoms with Crippen molar-refractivity contribution in [2.24, 2.45) is 0 Å². The molecule has 0 aliphatic carbocycles. The van der Waals surface area contributed by atoms with E-state index in [1.807, 2.05) is 0 Å². The zero-order valence-corrected chi connectivity index (χ0v) is 4.39. The van der Waals surface area contributed by atoms with Crippen molar-refractivity contribution in [2.75, 3.05) is 0 Å². The number of aliphatic hydroxyl groups excluding tert-OH is 1. The van der Waals surface area contributed by atoms with Crippen molar-refractivity contribution < 1.29 is 7.85 Å². The summed E-state index contributed by atoms with van der Waals surface area (Å²) in [5, 5.41) is 8.66. The summed E-state index contributed by atoms with van der Waals surface area (Å²) in [6.45, 7) is -0.224. The minimum absolute atomic E-state index is 0.224. The predicted octanol–water partition coefficient (Wildman–Crippen LogP) is 1.18. The molecule has 0 bridgehead atoms. The molecule has 0 spiro atoms. The lowest BCUT2D eigenvalue weighted by Gasteiger charge is -1.89. The Morgan fingerprint density at radius 2 is 2.00 bits per heavy atom. The molecule has 0 aliphatic heterocycles. The first-order chi connectivity index (χ1) is 4.75. The average Bonchev–Trinajstić information content (AvgIpc) is 1.88. The Morgan fingerprint density at radius 1 is 1.38 bits per heavy atom. The first kappa shape index (κ1) is 3.25. The molecule has 1 rings (SSSR count). The topological polar surface area (TPSA) is 20.2 Å². The fraction of sp³-hybridized carbons (Fsp3) is 0.143. The van der Waals surface area contributed by atoms with Gasteiger partial charge in [0.15, 0.2) is 0 Å². The highest BCUT2D eigenvalue weighted by Crippen LogP contribution is 1.95. The van der Waals surface area contributed by atoms with Crippen LogP contribution in [0.2, 0.25) is 0 Å². The molecule has 0 saturated heterocycles. The Labute approximate surface area is 51.4 Å². The molecule has 8 heavy (non-hydrogen) atoms. The second kappa shape index (κ2) is 2.48. The fourth-order valence-corrected chi connectivity index (χ4v) is 0.478. The molecule has 0 aliphatic rings. The van der Waals surface area contributed by atoms with Gasteiger partial charge in [-0.3, -0.25) is 0 Å². The smallest absolute Gasteiger partial charge is 0.0681 e. The van der Waals surface area contributed by atoms with Gasteiger partial charge < -0.3 is 5.11 Å². The quantitative estimate of drug-likeness (QED) is 0.575. The van der Waals surface area contributed by atoms with Gasteiger partial charge in [-0.15, -0.1) is 0 Å². The van der Waals surface area contributed by atoms with E-state index in [-0.39, 0.29) is 18.7 Å². The van der Waals surface area contributed by atoms with Crippen LogP contribution in [0.3, 0.4) is 0 Å². The van der Waals surface area contributed by atoms with Gasteiger partial charge in [-0.05, 0) is 5.56 Å². The molecular formula is C7H8O. The molecule has 0 unspecified atom stereocenters. The van der Waals surface area contributed by atoms with Crippen LogP contribution in [-0.2, 0) is 6.61 Å². The van der Waals surface area contributed by atoms with Gasteiger partial charge in [0.05, 0.1) is 9.35 Å². The number of rotatable bonds is 1. The van der Waals surface area contributed by atoms with Gasteiger partial charge in [-0.1, -0.05) is 30.3 Å². The maximum atomic E-state index is 8.66. The summed E-state index contributed by atoms with van der Waals surface area (Å²) in [4.78, 5) is 0. The highest BCUT2D eigenvalue weighted by Gasteiger charge is 1.81. The van der Waals surface area contributed by atoms with E-state index in [9.17, 15) is 0 Å². The Kier molecular flexibility index (Phi) is 1.01. The maximum Gasteiger partial charge on any atom is 0.0681 e. The van der Waals surface area contributed by atoms with Gasteiger partial charge in [-0.25, -0.2) is 0 Å². The van der Waals surface area contributed by atoms with Gasteiger partial charge in [0.25, 0.3) is 0 Å². The van der Waals surface area contributed by atoms with Crippen molar-refractivity contribution in [3.05, 3.63) is 35.8 Å². The van der Waals surface area contributed by atoms with Gasteiger partial charge in [0, 0.05) is 0 Å². The van der Waals surface area contributed by atoms with Crippen LogP contribution in [0.15, 0.2) is 30.3 Å². The molecule has 1 aromatic rings. The molecule has 0 fully saturated rings. The molecule has 1 aromatic carbocycles. The van der Waals surface area contributed by atoms with Crippen LogP contribution in [0.5, 0.6) is 0 Å². The summed E-state index contributed by atoms with van der Waals surface area (Å²) >= 11 is 0. The molecule has 0 aromatic heterocycles. The zero-order valence-electron chi connectivity index (χ0n) is 6.39. The van der Waals surface area contributed by atoms with Crippen molar-refractivity contribution in [1.82, 2.24) is 0 Å². The summed E-state index contributed by atoms with van der Waals surface area (Å²) in [5.74, 6) is 0. The number of benzene rings is 1. The molecule has 1 nitrogen and oxygen atoms in total. The van der Waals surface area contributed by atoms with E-state index in [4.69, 9.17) is 7.85 Å². The minimum atomic E-state index is -0.224. The lowest BCUT2D eigenvalue weighted by Crippen LogP contribution is -1.77.